The third-order valence-electron chi connectivity index (χ3n) is 4.23. The number of carbonyl (C=O) groups is 1. The maximum Gasteiger partial charge on any atom is 0.277 e. The first-order valence-corrected chi connectivity index (χ1v) is 8.98. The van der Waals surface area contributed by atoms with Gasteiger partial charge >= 0.3 is 0 Å². The van der Waals surface area contributed by atoms with Gasteiger partial charge in [0.15, 0.2) is 11.5 Å². The van der Waals surface area contributed by atoms with E-state index in [1.54, 1.807) is 36.4 Å². The molecule has 0 spiro atoms. The van der Waals surface area contributed by atoms with Crippen LogP contribution in [0.4, 0.5) is 10.1 Å². The molecule has 5 nitrogen and oxygen atoms in total. The van der Waals surface area contributed by atoms with E-state index in [1.807, 2.05) is 30.3 Å². The third-order valence-corrected chi connectivity index (χ3v) is 4.23. The van der Waals surface area contributed by atoms with Crippen molar-refractivity contribution < 1.29 is 18.4 Å². The summed E-state index contributed by atoms with van der Waals surface area (Å²) in [5, 5.41) is 6.54. The molecule has 0 aliphatic heterocycles. The quantitative estimate of drug-likeness (QED) is 0.486. The van der Waals surface area contributed by atoms with Crippen LogP contribution in [-0.4, -0.2) is 11.1 Å². The summed E-state index contributed by atoms with van der Waals surface area (Å²) in [4.78, 5) is 12.4. The number of rotatable bonds is 6. The summed E-state index contributed by atoms with van der Waals surface area (Å²) < 4.78 is 23.9. The number of benzene rings is 3. The van der Waals surface area contributed by atoms with Crippen LogP contribution in [0.1, 0.15) is 16.1 Å². The summed E-state index contributed by atoms with van der Waals surface area (Å²) in [6, 6.07) is 24.2. The fourth-order valence-electron chi connectivity index (χ4n) is 2.70. The molecule has 1 N–H and O–H groups in total. The van der Waals surface area contributed by atoms with Crippen molar-refractivity contribution in [3.05, 3.63) is 102 Å². The molecule has 0 saturated carbocycles. The SMILES string of the molecule is O=C(Nc1ccc(OCc2ccccc2)cc1)c1cc(-c2ccc(F)cc2)on1. The Morgan fingerprint density at radius 2 is 1.69 bits per heavy atom. The molecule has 1 aromatic heterocycles. The van der Waals surface area contributed by atoms with Crippen LogP contribution in [0.3, 0.4) is 0 Å². The molecule has 4 rings (SSSR count). The molecule has 0 fully saturated rings. The van der Waals surface area contributed by atoms with Crippen LogP contribution in [0.15, 0.2) is 89.5 Å². The number of carbonyl (C=O) groups excluding carboxylic acids is 1. The molecule has 144 valence electrons. The van der Waals surface area contributed by atoms with Gasteiger partial charge in [-0.15, -0.1) is 0 Å². The molecule has 0 bridgehead atoms. The lowest BCUT2D eigenvalue weighted by Crippen LogP contribution is -2.12. The van der Waals surface area contributed by atoms with Gasteiger partial charge in [0.25, 0.3) is 5.91 Å². The lowest BCUT2D eigenvalue weighted by atomic mass is 10.1. The lowest BCUT2D eigenvalue weighted by molar-refractivity contribution is 0.101. The summed E-state index contributed by atoms with van der Waals surface area (Å²) in [6.07, 6.45) is 0. The molecule has 0 unspecified atom stereocenters. The molecule has 0 aliphatic carbocycles. The highest BCUT2D eigenvalue weighted by molar-refractivity contribution is 6.03. The number of anilines is 1. The van der Waals surface area contributed by atoms with Crippen molar-refractivity contribution in [1.29, 1.82) is 0 Å². The Balaban J connectivity index is 1.36. The predicted molar refractivity (Wildman–Crippen MR) is 107 cm³/mol. The largest absolute Gasteiger partial charge is 0.489 e. The van der Waals surface area contributed by atoms with E-state index in [0.717, 1.165) is 5.56 Å². The molecule has 1 heterocycles. The van der Waals surface area contributed by atoms with Crippen molar-refractivity contribution in [2.45, 2.75) is 6.61 Å². The second-order valence-electron chi connectivity index (χ2n) is 6.34. The summed E-state index contributed by atoms with van der Waals surface area (Å²) in [5.41, 5.74) is 2.45. The number of hydrogen-bond acceptors (Lipinski definition) is 4. The molecular formula is C23H17FN2O3. The number of amides is 1. The first-order valence-electron chi connectivity index (χ1n) is 8.98. The van der Waals surface area contributed by atoms with Crippen LogP contribution < -0.4 is 10.1 Å². The van der Waals surface area contributed by atoms with E-state index in [4.69, 9.17) is 9.26 Å². The van der Waals surface area contributed by atoms with E-state index in [1.165, 1.54) is 18.2 Å². The number of nitrogens with one attached hydrogen (secondary N) is 1. The van der Waals surface area contributed by atoms with Crippen LogP contribution >= 0.6 is 0 Å². The number of ether oxygens (including phenoxy) is 1. The van der Waals surface area contributed by atoms with Gasteiger partial charge in [-0.3, -0.25) is 4.79 Å². The van der Waals surface area contributed by atoms with Crippen molar-refractivity contribution in [1.82, 2.24) is 5.16 Å². The number of hydrogen-bond donors (Lipinski definition) is 1. The van der Waals surface area contributed by atoms with Gasteiger partial charge in [-0.1, -0.05) is 35.5 Å². The minimum Gasteiger partial charge on any atom is -0.489 e. The highest BCUT2D eigenvalue weighted by atomic mass is 19.1. The Hall–Kier alpha value is -3.93. The Kier molecular flexibility index (Phi) is 5.33. The highest BCUT2D eigenvalue weighted by Gasteiger charge is 2.14. The van der Waals surface area contributed by atoms with Crippen molar-refractivity contribution in [2.24, 2.45) is 0 Å². The summed E-state index contributed by atoms with van der Waals surface area (Å²) in [7, 11) is 0. The Bertz CT molecular complexity index is 1090. The fourth-order valence-corrected chi connectivity index (χ4v) is 2.70. The first kappa shape index (κ1) is 18.4. The molecule has 1 amide bonds. The van der Waals surface area contributed by atoms with Gasteiger partial charge in [0.2, 0.25) is 0 Å². The molecule has 3 aromatic carbocycles. The minimum atomic E-state index is -0.403. The molecular weight excluding hydrogens is 371 g/mol. The maximum atomic E-state index is 13.0. The van der Waals surface area contributed by atoms with Gasteiger partial charge in [0.1, 0.15) is 18.2 Å². The van der Waals surface area contributed by atoms with Gasteiger partial charge in [-0.25, -0.2) is 4.39 Å². The van der Waals surface area contributed by atoms with Crippen molar-refractivity contribution in [3.8, 4) is 17.1 Å². The summed E-state index contributed by atoms with van der Waals surface area (Å²) in [5.74, 6) is 0.342. The van der Waals surface area contributed by atoms with E-state index in [-0.39, 0.29) is 11.5 Å². The highest BCUT2D eigenvalue weighted by Crippen LogP contribution is 2.22. The van der Waals surface area contributed by atoms with Crippen LogP contribution in [0.25, 0.3) is 11.3 Å². The Morgan fingerprint density at radius 3 is 2.41 bits per heavy atom. The van der Waals surface area contributed by atoms with Crippen molar-refractivity contribution in [3.63, 3.8) is 0 Å². The number of nitrogens with zero attached hydrogens (tertiary/aromatic N) is 1. The Labute approximate surface area is 166 Å². The van der Waals surface area contributed by atoms with Crippen molar-refractivity contribution in [2.75, 3.05) is 5.32 Å². The zero-order valence-corrected chi connectivity index (χ0v) is 15.3. The van der Waals surface area contributed by atoms with Crippen LogP contribution in [0.2, 0.25) is 0 Å². The summed E-state index contributed by atoms with van der Waals surface area (Å²) >= 11 is 0. The monoisotopic (exact) mass is 388 g/mol. The average Bonchev–Trinajstić information content (AvgIpc) is 3.25. The lowest BCUT2D eigenvalue weighted by Gasteiger charge is -2.08. The molecule has 0 aliphatic rings. The van der Waals surface area contributed by atoms with E-state index in [2.05, 4.69) is 10.5 Å². The summed E-state index contributed by atoms with van der Waals surface area (Å²) in [6.45, 7) is 0.470. The van der Waals surface area contributed by atoms with E-state index >= 15 is 0 Å². The van der Waals surface area contributed by atoms with E-state index in [9.17, 15) is 9.18 Å². The maximum absolute atomic E-state index is 13.0. The predicted octanol–water partition coefficient (Wildman–Crippen LogP) is 5.31. The van der Waals surface area contributed by atoms with Gasteiger partial charge in [-0.05, 0) is 54.1 Å². The van der Waals surface area contributed by atoms with Gasteiger partial charge in [-0.2, -0.15) is 0 Å². The second-order valence-corrected chi connectivity index (χ2v) is 6.34. The number of halogens is 1. The van der Waals surface area contributed by atoms with Gasteiger partial charge < -0.3 is 14.6 Å². The Morgan fingerprint density at radius 1 is 0.966 bits per heavy atom. The normalized spacial score (nSPS) is 10.5. The molecule has 0 saturated heterocycles. The second kappa shape index (κ2) is 8.39. The van der Waals surface area contributed by atoms with Gasteiger partial charge in [0, 0.05) is 17.3 Å². The molecule has 29 heavy (non-hydrogen) atoms. The minimum absolute atomic E-state index is 0.133. The topological polar surface area (TPSA) is 64.4 Å². The average molecular weight is 388 g/mol. The zero-order chi connectivity index (χ0) is 20.1. The van der Waals surface area contributed by atoms with Crippen LogP contribution in [0.5, 0.6) is 5.75 Å². The smallest absolute Gasteiger partial charge is 0.277 e. The molecule has 4 aromatic rings. The standard InChI is InChI=1S/C23H17FN2O3/c24-18-8-6-17(7-9-18)22-14-21(26-29-22)23(27)25-19-10-12-20(13-11-19)28-15-16-4-2-1-3-5-16/h1-14H,15H2,(H,25,27). The molecule has 6 heteroatoms. The molecule has 0 radical (unpaired) electrons. The van der Waals surface area contributed by atoms with Crippen LogP contribution in [0, 0.1) is 5.82 Å². The van der Waals surface area contributed by atoms with Gasteiger partial charge in [0.05, 0.1) is 0 Å². The molecule has 0 atom stereocenters. The zero-order valence-electron chi connectivity index (χ0n) is 15.3. The van der Waals surface area contributed by atoms with Crippen LogP contribution in [-0.2, 0) is 6.61 Å². The first-order chi connectivity index (χ1) is 14.2. The van der Waals surface area contributed by atoms with E-state index < -0.39 is 5.91 Å². The third kappa shape index (κ3) is 4.68. The van der Waals surface area contributed by atoms with E-state index in [0.29, 0.717) is 29.4 Å². The van der Waals surface area contributed by atoms with Crippen molar-refractivity contribution >= 4 is 11.6 Å². The number of aromatic nitrogens is 1. The fraction of sp³-hybridized carbons (Fsp3) is 0.0435.